The van der Waals surface area contributed by atoms with Gasteiger partial charge in [0.1, 0.15) is 0 Å². The van der Waals surface area contributed by atoms with Crippen molar-refractivity contribution in [3.05, 3.63) is 5.82 Å². The van der Waals surface area contributed by atoms with Crippen molar-refractivity contribution in [2.24, 2.45) is 5.73 Å². The fraction of sp³-hybridized carbons (Fsp3) is 0.750. The number of aromatic nitrogens is 3. The third-order valence-corrected chi connectivity index (χ3v) is 2.97. The summed E-state index contributed by atoms with van der Waals surface area (Å²) in [6.07, 6.45) is -0.384. The number of hydrogen-bond donors (Lipinski definition) is 2. The van der Waals surface area contributed by atoms with E-state index >= 15 is 0 Å². The average Bonchev–Trinajstić information content (AvgIpc) is 2.60. The molecule has 98 valence electrons. The third kappa shape index (κ3) is 2.99. The Labute approximate surface area is 98.7 Å². The Kier molecular flexibility index (Phi) is 4.17. The normalized spacial score (nSPS) is 15.8. The highest BCUT2D eigenvalue weighted by Gasteiger charge is 2.27. The Balaban J connectivity index is 3.29. The predicted octanol–water partition coefficient (Wildman–Crippen LogP) is -0.273. The van der Waals surface area contributed by atoms with Crippen LogP contribution in [0.5, 0.6) is 0 Å². The summed E-state index contributed by atoms with van der Waals surface area (Å²) < 4.78 is 35.7. The number of nitrogens with zero attached hydrogens (tertiary/aromatic N) is 3. The molecule has 7 nitrogen and oxygen atoms in total. The zero-order chi connectivity index (χ0) is 13.2. The fourth-order valence-electron chi connectivity index (χ4n) is 1.38. The van der Waals surface area contributed by atoms with Gasteiger partial charge >= 0.3 is 10.2 Å². The van der Waals surface area contributed by atoms with E-state index in [0.717, 1.165) is 4.57 Å². The summed E-state index contributed by atoms with van der Waals surface area (Å²) in [6.45, 7) is 3.42. The van der Waals surface area contributed by atoms with E-state index in [1.807, 2.05) is 0 Å². The first-order valence-electron chi connectivity index (χ1n) is 5.10. The number of aliphatic hydroxyl groups excluding tert-OH is 1. The van der Waals surface area contributed by atoms with Gasteiger partial charge in [-0.05, 0) is 13.3 Å². The van der Waals surface area contributed by atoms with Crippen LogP contribution < -0.4 is 5.73 Å². The van der Waals surface area contributed by atoms with E-state index in [1.54, 1.807) is 6.92 Å². The van der Waals surface area contributed by atoms with Gasteiger partial charge in [0.15, 0.2) is 5.82 Å². The lowest BCUT2D eigenvalue weighted by Crippen LogP contribution is -2.27. The number of halogens is 1. The van der Waals surface area contributed by atoms with Crippen LogP contribution in [0.4, 0.5) is 3.89 Å². The number of hydrogen-bond acceptors (Lipinski definition) is 6. The minimum Gasteiger partial charge on any atom is -0.391 e. The summed E-state index contributed by atoms with van der Waals surface area (Å²) in [4.78, 5) is 0. The second kappa shape index (κ2) is 5.07. The van der Waals surface area contributed by atoms with Crippen molar-refractivity contribution in [3.8, 4) is 0 Å². The van der Waals surface area contributed by atoms with Crippen LogP contribution in [0.1, 0.15) is 32.1 Å². The van der Waals surface area contributed by atoms with Crippen molar-refractivity contribution in [3.63, 3.8) is 0 Å². The van der Waals surface area contributed by atoms with E-state index in [4.69, 9.17) is 5.73 Å². The highest BCUT2D eigenvalue weighted by molar-refractivity contribution is 7.86. The van der Waals surface area contributed by atoms with Gasteiger partial charge < -0.3 is 10.8 Å². The first kappa shape index (κ1) is 14.0. The molecular formula is C8H15FN4O3S. The van der Waals surface area contributed by atoms with Gasteiger partial charge in [0, 0.05) is 6.54 Å². The number of rotatable bonds is 5. The Morgan fingerprint density at radius 3 is 2.53 bits per heavy atom. The quantitative estimate of drug-likeness (QED) is 0.709. The molecule has 3 N–H and O–H groups in total. The first-order valence-corrected chi connectivity index (χ1v) is 6.48. The Morgan fingerprint density at radius 2 is 2.12 bits per heavy atom. The lowest BCUT2D eigenvalue weighted by atomic mass is 10.2. The van der Waals surface area contributed by atoms with E-state index in [1.165, 1.54) is 6.92 Å². The maximum absolute atomic E-state index is 12.9. The summed E-state index contributed by atoms with van der Waals surface area (Å²) in [5.41, 5.74) is 5.63. The second-order valence-corrected chi connectivity index (χ2v) is 4.94. The molecule has 1 heterocycles. The standard InChI is InChI=1S/C8H15FN4O3S/c1-3-4-13-7(6(10)5(2)14)11-12-8(13)17(9,15)16/h5-6,14H,3-4,10H2,1-2H3/t5-,6-/m0/s1. The minimum atomic E-state index is -4.94. The molecule has 0 bridgehead atoms. The molecule has 0 aromatic carbocycles. The molecule has 0 spiro atoms. The van der Waals surface area contributed by atoms with Gasteiger partial charge in [0.25, 0.3) is 5.16 Å². The largest absolute Gasteiger partial charge is 0.391 e. The van der Waals surface area contributed by atoms with Gasteiger partial charge in [-0.3, -0.25) is 4.57 Å². The molecule has 0 unspecified atom stereocenters. The van der Waals surface area contributed by atoms with Crippen molar-refractivity contribution in [2.45, 2.75) is 44.1 Å². The second-order valence-electron chi connectivity index (χ2n) is 3.70. The molecule has 2 atom stereocenters. The minimum absolute atomic E-state index is 0.0538. The summed E-state index contributed by atoms with van der Waals surface area (Å²) in [5.74, 6) is 0.0538. The van der Waals surface area contributed by atoms with E-state index in [9.17, 15) is 17.4 Å². The van der Waals surface area contributed by atoms with Gasteiger partial charge in [-0.25, -0.2) is 0 Å². The lowest BCUT2D eigenvalue weighted by molar-refractivity contribution is 0.158. The predicted molar refractivity (Wildman–Crippen MR) is 57.2 cm³/mol. The van der Waals surface area contributed by atoms with Crippen LogP contribution in [0.25, 0.3) is 0 Å². The lowest BCUT2D eigenvalue weighted by Gasteiger charge is -2.15. The van der Waals surface area contributed by atoms with Gasteiger partial charge in [0.05, 0.1) is 12.1 Å². The van der Waals surface area contributed by atoms with E-state index in [2.05, 4.69) is 10.2 Å². The van der Waals surface area contributed by atoms with Crippen LogP contribution in [-0.2, 0) is 16.8 Å². The Bertz CT molecular complexity index is 485. The molecule has 0 fully saturated rings. The molecule has 1 rings (SSSR count). The summed E-state index contributed by atoms with van der Waals surface area (Å²) in [5, 5.41) is 15.4. The molecule has 0 saturated carbocycles. The molecule has 0 aliphatic rings. The van der Waals surface area contributed by atoms with Crippen LogP contribution in [0.2, 0.25) is 0 Å². The summed E-state index contributed by atoms with van der Waals surface area (Å²) in [7, 11) is -4.94. The van der Waals surface area contributed by atoms with Gasteiger partial charge in [-0.2, -0.15) is 8.42 Å². The van der Waals surface area contributed by atoms with Crippen LogP contribution in [0, 0.1) is 0 Å². The highest BCUT2D eigenvalue weighted by atomic mass is 32.3. The molecular weight excluding hydrogens is 251 g/mol. The van der Waals surface area contributed by atoms with Crippen molar-refractivity contribution >= 4 is 10.2 Å². The zero-order valence-electron chi connectivity index (χ0n) is 9.54. The number of nitrogens with two attached hydrogens (primary N) is 1. The van der Waals surface area contributed by atoms with Crippen LogP contribution in [-0.4, -0.2) is 34.4 Å². The summed E-state index contributed by atoms with van der Waals surface area (Å²) in [6, 6.07) is -0.912. The SMILES string of the molecule is CCCn1c([C@@H](N)[C@H](C)O)nnc1S(=O)(=O)F. The zero-order valence-corrected chi connectivity index (χ0v) is 10.4. The van der Waals surface area contributed by atoms with Gasteiger partial charge in [0.2, 0.25) is 0 Å². The van der Waals surface area contributed by atoms with Crippen molar-refractivity contribution < 1.29 is 17.4 Å². The van der Waals surface area contributed by atoms with Crippen molar-refractivity contribution in [1.82, 2.24) is 14.8 Å². The van der Waals surface area contributed by atoms with Gasteiger partial charge in [-0.1, -0.05) is 10.8 Å². The molecule has 0 aliphatic heterocycles. The molecule has 9 heteroatoms. The highest BCUT2D eigenvalue weighted by Crippen LogP contribution is 2.18. The van der Waals surface area contributed by atoms with E-state index < -0.39 is 27.5 Å². The maximum atomic E-state index is 12.9. The smallest absolute Gasteiger partial charge is 0.368 e. The van der Waals surface area contributed by atoms with E-state index in [0.29, 0.717) is 6.42 Å². The molecule has 1 aromatic heterocycles. The topological polar surface area (TPSA) is 111 Å². The molecule has 0 saturated heterocycles. The molecule has 1 aromatic rings. The van der Waals surface area contributed by atoms with Crippen molar-refractivity contribution in [1.29, 1.82) is 0 Å². The average molecular weight is 266 g/mol. The van der Waals surface area contributed by atoms with Crippen LogP contribution in [0.15, 0.2) is 5.16 Å². The molecule has 17 heavy (non-hydrogen) atoms. The third-order valence-electron chi connectivity index (χ3n) is 2.23. The van der Waals surface area contributed by atoms with Crippen LogP contribution in [0.3, 0.4) is 0 Å². The monoisotopic (exact) mass is 266 g/mol. The van der Waals surface area contributed by atoms with Crippen molar-refractivity contribution in [2.75, 3.05) is 0 Å². The van der Waals surface area contributed by atoms with Crippen LogP contribution >= 0.6 is 0 Å². The fourth-order valence-corrected chi connectivity index (χ4v) is 1.96. The molecule has 0 radical (unpaired) electrons. The first-order chi connectivity index (χ1) is 7.79. The van der Waals surface area contributed by atoms with E-state index in [-0.39, 0.29) is 12.4 Å². The number of aliphatic hydroxyl groups is 1. The molecule has 0 aliphatic carbocycles. The Morgan fingerprint density at radius 1 is 1.53 bits per heavy atom. The summed E-state index contributed by atoms with van der Waals surface area (Å²) >= 11 is 0. The molecule has 0 amide bonds. The maximum Gasteiger partial charge on any atom is 0.368 e. The van der Waals surface area contributed by atoms with Gasteiger partial charge in [-0.15, -0.1) is 10.2 Å². The Hall–Kier alpha value is -1.06.